The van der Waals surface area contributed by atoms with Crippen molar-refractivity contribution in [2.24, 2.45) is 5.73 Å². The predicted octanol–water partition coefficient (Wildman–Crippen LogP) is 1.94. The number of carbonyl (C=O) groups is 1. The van der Waals surface area contributed by atoms with Crippen LogP contribution >= 0.6 is 0 Å². The van der Waals surface area contributed by atoms with E-state index < -0.39 is 0 Å². The highest BCUT2D eigenvalue weighted by Gasteiger charge is 2.23. The number of hydrogen-bond donors (Lipinski definition) is 1. The molecule has 4 nitrogen and oxygen atoms in total. The number of hydrogen-bond acceptors (Lipinski definition) is 3. The molecule has 1 aromatic rings. The first-order valence-electron chi connectivity index (χ1n) is 7.21. The summed E-state index contributed by atoms with van der Waals surface area (Å²) in [6.45, 7) is 8.06. The predicted molar refractivity (Wildman–Crippen MR) is 79.9 cm³/mol. The lowest BCUT2D eigenvalue weighted by Gasteiger charge is -2.17. The van der Waals surface area contributed by atoms with Gasteiger partial charge in [-0.3, -0.25) is 4.79 Å². The Bertz CT molecular complexity index is 499. The first-order valence-corrected chi connectivity index (χ1v) is 7.21. The van der Waals surface area contributed by atoms with Crippen molar-refractivity contribution >= 4 is 5.91 Å². The largest absolute Gasteiger partial charge is 0.493 e. The summed E-state index contributed by atoms with van der Waals surface area (Å²) in [6, 6.07) is 4.30. The average molecular weight is 276 g/mol. The minimum Gasteiger partial charge on any atom is -0.493 e. The molecule has 4 heteroatoms. The Morgan fingerprint density at radius 3 is 2.80 bits per heavy atom. The monoisotopic (exact) mass is 276 g/mol. The molecule has 1 atom stereocenters. The lowest BCUT2D eigenvalue weighted by molar-refractivity contribution is -0.130. The van der Waals surface area contributed by atoms with E-state index >= 15 is 0 Å². The second kappa shape index (κ2) is 6.27. The van der Waals surface area contributed by atoms with Crippen LogP contribution in [0, 0.1) is 20.8 Å². The maximum Gasteiger partial charge on any atom is 0.226 e. The highest BCUT2D eigenvalue weighted by molar-refractivity contribution is 5.76. The van der Waals surface area contributed by atoms with Gasteiger partial charge in [-0.15, -0.1) is 0 Å². The van der Waals surface area contributed by atoms with Crippen molar-refractivity contribution in [3.63, 3.8) is 0 Å². The van der Waals surface area contributed by atoms with Gasteiger partial charge in [-0.2, -0.15) is 0 Å². The molecule has 20 heavy (non-hydrogen) atoms. The number of nitrogens with two attached hydrogens (primary N) is 1. The van der Waals surface area contributed by atoms with Crippen LogP contribution in [0.25, 0.3) is 0 Å². The Morgan fingerprint density at radius 1 is 1.40 bits per heavy atom. The molecule has 1 amide bonds. The summed E-state index contributed by atoms with van der Waals surface area (Å²) in [6.07, 6.45) is 1.32. The van der Waals surface area contributed by atoms with Crippen LogP contribution in [0.1, 0.15) is 29.5 Å². The van der Waals surface area contributed by atoms with Gasteiger partial charge in [0.25, 0.3) is 0 Å². The van der Waals surface area contributed by atoms with Crippen LogP contribution in [-0.2, 0) is 4.79 Å². The molecule has 0 unspecified atom stereocenters. The van der Waals surface area contributed by atoms with Crippen molar-refractivity contribution in [3.8, 4) is 5.75 Å². The molecule has 1 heterocycles. The second-order valence-electron chi connectivity index (χ2n) is 5.69. The topological polar surface area (TPSA) is 55.6 Å². The number of amides is 1. The van der Waals surface area contributed by atoms with Crippen molar-refractivity contribution in [1.82, 2.24) is 4.90 Å². The second-order valence-corrected chi connectivity index (χ2v) is 5.69. The lowest BCUT2D eigenvalue weighted by atomic mass is 10.1. The third kappa shape index (κ3) is 3.51. The van der Waals surface area contributed by atoms with E-state index in [9.17, 15) is 4.79 Å². The number of benzene rings is 1. The molecule has 1 aliphatic rings. The summed E-state index contributed by atoms with van der Waals surface area (Å²) >= 11 is 0. The molecule has 2 rings (SSSR count). The van der Waals surface area contributed by atoms with E-state index in [2.05, 4.69) is 19.9 Å². The molecular weight excluding hydrogens is 252 g/mol. The zero-order valence-corrected chi connectivity index (χ0v) is 12.6. The van der Waals surface area contributed by atoms with Gasteiger partial charge in [-0.25, -0.2) is 0 Å². The maximum atomic E-state index is 12.0. The molecule has 0 saturated carbocycles. The Labute approximate surface area is 120 Å². The molecule has 0 aliphatic carbocycles. The fourth-order valence-electron chi connectivity index (χ4n) is 2.57. The van der Waals surface area contributed by atoms with Gasteiger partial charge in [-0.1, -0.05) is 6.07 Å². The number of rotatable bonds is 4. The number of nitrogens with zero attached hydrogens (tertiary/aromatic N) is 1. The number of carbonyl (C=O) groups excluding carboxylic acids is 1. The minimum atomic E-state index is 0.139. The minimum absolute atomic E-state index is 0.139. The summed E-state index contributed by atoms with van der Waals surface area (Å²) in [5, 5.41) is 0. The zero-order chi connectivity index (χ0) is 14.7. The van der Waals surface area contributed by atoms with Gasteiger partial charge in [0.1, 0.15) is 5.75 Å². The Balaban J connectivity index is 1.85. The molecule has 1 fully saturated rings. The first kappa shape index (κ1) is 14.9. The highest BCUT2D eigenvalue weighted by atomic mass is 16.5. The SMILES string of the molecule is Cc1cc(C)c(C)c(OCCC(=O)N2CC[C@@H](N)C2)c1. The Hall–Kier alpha value is -1.55. The van der Waals surface area contributed by atoms with Crippen LogP contribution in [0.4, 0.5) is 0 Å². The van der Waals surface area contributed by atoms with Crippen molar-refractivity contribution in [2.75, 3.05) is 19.7 Å². The molecular formula is C16H24N2O2. The fourth-order valence-corrected chi connectivity index (χ4v) is 2.57. The molecule has 0 aromatic heterocycles. The third-order valence-corrected chi connectivity index (χ3v) is 3.91. The summed E-state index contributed by atoms with van der Waals surface area (Å²) in [5.41, 5.74) is 9.36. The van der Waals surface area contributed by atoms with Gasteiger partial charge in [0, 0.05) is 19.1 Å². The first-order chi connectivity index (χ1) is 9.47. The van der Waals surface area contributed by atoms with Crippen LogP contribution in [0.2, 0.25) is 0 Å². The van der Waals surface area contributed by atoms with Gasteiger partial charge in [0.15, 0.2) is 0 Å². The van der Waals surface area contributed by atoms with Gasteiger partial charge < -0.3 is 15.4 Å². The normalized spacial score (nSPS) is 18.4. The van der Waals surface area contributed by atoms with Crippen molar-refractivity contribution < 1.29 is 9.53 Å². The molecule has 1 saturated heterocycles. The zero-order valence-electron chi connectivity index (χ0n) is 12.6. The molecule has 0 bridgehead atoms. The fraction of sp³-hybridized carbons (Fsp3) is 0.562. The summed E-state index contributed by atoms with van der Waals surface area (Å²) < 4.78 is 5.78. The van der Waals surface area contributed by atoms with Crippen LogP contribution in [0.3, 0.4) is 0 Å². The van der Waals surface area contributed by atoms with Gasteiger partial charge in [-0.05, 0) is 49.9 Å². The standard InChI is InChI=1S/C16H24N2O2/c1-11-8-12(2)13(3)15(9-11)20-7-5-16(19)18-6-4-14(17)10-18/h8-9,14H,4-7,10,17H2,1-3H3/t14-/m1/s1. The van der Waals surface area contributed by atoms with Gasteiger partial charge in [0.05, 0.1) is 13.0 Å². The van der Waals surface area contributed by atoms with Crippen LogP contribution in [0.5, 0.6) is 5.75 Å². The van der Waals surface area contributed by atoms with Crippen molar-refractivity contribution in [2.45, 2.75) is 39.7 Å². The molecule has 1 aliphatic heterocycles. The lowest BCUT2D eigenvalue weighted by Crippen LogP contribution is -2.32. The number of ether oxygens (including phenoxy) is 1. The third-order valence-electron chi connectivity index (χ3n) is 3.91. The van der Waals surface area contributed by atoms with Gasteiger partial charge >= 0.3 is 0 Å². The van der Waals surface area contributed by atoms with E-state index in [0.717, 1.165) is 24.3 Å². The molecule has 0 spiro atoms. The highest BCUT2D eigenvalue weighted by Crippen LogP contribution is 2.23. The quantitative estimate of drug-likeness (QED) is 0.914. The smallest absolute Gasteiger partial charge is 0.226 e. The van der Waals surface area contributed by atoms with Crippen molar-refractivity contribution in [1.29, 1.82) is 0 Å². The average Bonchev–Trinajstić information content (AvgIpc) is 2.81. The van der Waals surface area contributed by atoms with Gasteiger partial charge in [0.2, 0.25) is 5.91 Å². The maximum absolute atomic E-state index is 12.0. The molecule has 110 valence electrons. The van der Waals surface area contributed by atoms with E-state index in [0.29, 0.717) is 19.6 Å². The number of aryl methyl sites for hydroxylation is 2. The number of likely N-dealkylation sites (tertiary alicyclic amines) is 1. The van der Waals surface area contributed by atoms with Crippen LogP contribution < -0.4 is 10.5 Å². The van der Waals surface area contributed by atoms with E-state index in [-0.39, 0.29) is 11.9 Å². The van der Waals surface area contributed by atoms with E-state index in [4.69, 9.17) is 10.5 Å². The summed E-state index contributed by atoms with van der Waals surface area (Å²) in [4.78, 5) is 13.8. The Morgan fingerprint density at radius 2 is 2.15 bits per heavy atom. The molecule has 0 radical (unpaired) electrons. The summed E-state index contributed by atoms with van der Waals surface area (Å²) in [7, 11) is 0. The van der Waals surface area contributed by atoms with Crippen LogP contribution in [-0.4, -0.2) is 36.5 Å². The van der Waals surface area contributed by atoms with E-state index in [1.165, 1.54) is 11.1 Å². The van der Waals surface area contributed by atoms with E-state index in [1.54, 1.807) is 0 Å². The van der Waals surface area contributed by atoms with E-state index in [1.807, 2.05) is 17.9 Å². The molecule has 2 N–H and O–H groups in total. The summed E-state index contributed by atoms with van der Waals surface area (Å²) in [5.74, 6) is 1.02. The van der Waals surface area contributed by atoms with Crippen molar-refractivity contribution in [3.05, 3.63) is 28.8 Å². The van der Waals surface area contributed by atoms with Crippen LogP contribution in [0.15, 0.2) is 12.1 Å². The Kier molecular flexibility index (Phi) is 4.65. The molecule has 1 aromatic carbocycles.